The average molecular weight is 231 g/mol. The Morgan fingerprint density at radius 2 is 1.87 bits per heavy atom. The summed E-state index contributed by atoms with van der Waals surface area (Å²) in [6.07, 6.45) is 0. The molecule has 0 atom stereocenters. The lowest BCUT2D eigenvalue weighted by atomic mass is 10.2. The third-order valence-corrected chi connectivity index (χ3v) is 1.87. The van der Waals surface area contributed by atoms with Crippen LogP contribution < -0.4 is 5.11 Å². The Kier molecular flexibility index (Phi) is 2.90. The van der Waals surface area contributed by atoms with Crippen molar-refractivity contribution in [1.82, 2.24) is 0 Å². The maximum atomic E-state index is 10.5. The van der Waals surface area contributed by atoms with Crippen LogP contribution >= 0.6 is 11.6 Å². The van der Waals surface area contributed by atoms with Gasteiger partial charge in [-0.2, -0.15) is 0 Å². The van der Waals surface area contributed by atoms with Crippen LogP contribution in [0.15, 0.2) is 12.1 Å². The molecule has 1 rings (SSSR count). The molecule has 0 spiro atoms. The number of nitrogens with one attached hydrogen (secondary N) is 1. The Labute approximate surface area is 87.3 Å². The summed E-state index contributed by atoms with van der Waals surface area (Å²) in [5.74, 6) is 0. The molecule has 0 heterocycles. The van der Waals surface area contributed by atoms with E-state index in [2.05, 4.69) is 0 Å². The van der Waals surface area contributed by atoms with Crippen molar-refractivity contribution < 1.29 is 15.0 Å². The van der Waals surface area contributed by atoms with E-state index in [-0.39, 0.29) is 10.7 Å². The zero-order valence-electron chi connectivity index (χ0n) is 7.01. The van der Waals surface area contributed by atoms with Crippen LogP contribution in [0, 0.1) is 20.2 Å². The summed E-state index contributed by atoms with van der Waals surface area (Å²) >= 11 is 5.49. The number of nitro groups is 2. The van der Waals surface area contributed by atoms with Crippen LogP contribution in [0.3, 0.4) is 0 Å². The Balaban J connectivity index is 3.52. The fourth-order valence-corrected chi connectivity index (χ4v) is 1.19. The van der Waals surface area contributed by atoms with Crippen molar-refractivity contribution in [3.05, 3.63) is 42.9 Å². The van der Waals surface area contributed by atoms with Gasteiger partial charge in [-0.05, 0) is 0 Å². The first kappa shape index (κ1) is 11.0. The second-order valence-electron chi connectivity index (χ2n) is 2.45. The van der Waals surface area contributed by atoms with Gasteiger partial charge in [-0.15, -0.1) is 0 Å². The van der Waals surface area contributed by atoms with Gasteiger partial charge in [-0.25, -0.2) is 0 Å². The summed E-state index contributed by atoms with van der Waals surface area (Å²) in [7, 11) is 0. The smallest absolute Gasteiger partial charge is 0.347 e. The van der Waals surface area contributed by atoms with E-state index < -0.39 is 21.2 Å². The molecule has 1 aromatic carbocycles. The maximum Gasteiger partial charge on any atom is 0.347 e. The Morgan fingerprint density at radius 1 is 1.27 bits per heavy atom. The number of halogens is 1. The highest BCUT2D eigenvalue weighted by Gasteiger charge is 2.25. The molecule has 0 saturated heterocycles. The first-order valence-electron chi connectivity index (χ1n) is 3.49. The SMILES string of the molecule is [N-]=[NH+]c1c(Cl)cc([N+](=O)[O-])cc1[N+](=O)[O-]. The Bertz CT molecular complexity index is 461. The molecule has 0 radical (unpaired) electrons. The quantitative estimate of drug-likeness (QED) is 0.470. The zero-order chi connectivity index (χ0) is 11.6. The second kappa shape index (κ2) is 3.96. The van der Waals surface area contributed by atoms with Crippen molar-refractivity contribution in [2.75, 3.05) is 0 Å². The third kappa shape index (κ3) is 2.05. The number of rotatable bonds is 3. The number of nitrogens with zero attached hydrogens (tertiary/aromatic N) is 3. The lowest BCUT2D eigenvalue weighted by molar-refractivity contribution is -0.423. The molecule has 1 aromatic rings. The molecule has 0 fully saturated rings. The van der Waals surface area contributed by atoms with Crippen LogP contribution in [-0.2, 0) is 0 Å². The standard InChI is InChI=1S/C6H3ClN4O4/c7-4-1-3(10(12)13)2-5(11(14)15)6(4)9-8/h1-2,9H. The topological polar surface area (TPSA) is 123 Å². The molecule has 9 heteroatoms. The van der Waals surface area contributed by atoms with Gasteiger partial charge >= 0.3 is 5.69 Å². The Morgan fingerprint density at radius 3 is 2.27 bits per heavy atom. The molecule has 0 aliphatic rings. The van der Waals surface area contributed by atoms with E-state index in [4.69, 9.17) is 17.1 Å². The molecule has 78 valence electrons. The van der Waals surface area contributed by atoms with Crippen LogP contribution in [0.25, 0.3) is 5.53 Å². The molecule has 0 bridgehead atoms. The predicted octanol–water partition coefficient (Wildman–Crippen LogP) is 0.890. The molecule has 0 saturated carbocycles. The van der Waals surface area contributed by atoms with Gasteiger partial charge < -0.3 is 5.53 Å². The fraction of sp³-hybridized carbons (Fsp3) is 0. The molecule has 8 nitrogen and oxygen atoms in total. The van der Waals surface area contributed by atoms with Crippen molar-refractivity contribution >= 4 is 28.7 Å². The van der Waals surface area contributed by atoms with Gasteiger partial charge in [0.25, 0.3) is 11.4 Å². The van der Waals surface area contributed by atoms with Crippen LogP contribution in [0.5, 0.6) is 0 Å². The van der Waals surface area contributed by atoms with Crippen LogP contribution in [0.2, 0.25) is 5.02 Å². The van der Waals surface area contributed by atoms with Gasteiger partial charge in [-0.1, -0.05) is 11.6 Å². The molecule has 0 aliphatic heterocycles. The van der Waals surface area contributed by atoms with Gasteiger partial charge in [0.2, 0.25) is 0 Å². The number of nitro benzene ring substituents is 2. The molecule has 0 aromatic heterocycles. The maximum absolute atomic E-state index is 10.5. The normalized spacial score (nSPS) is 9.67. The molecule has 0 amide bonds. The van der Waals surface area contributed by atoms with Crippen LogP contribution in [0.4, 0.5) is 17.1 Å². The van der Waals surface area contributed by atoms with Gasteiger partial charge in [0.05, 0.1) is 9.85 Å². The van der Waals surface area contributed by atoms with Crippen LogP contribution in [-0.4, -0.2) is 9.85 Å². The van der Waals surface area contributed by atoms with E-state index >= 15 is 0 Å². The van der Waals surface area contributed by atoms with Gasteiger partial charge in [0.1, 0.15) is 11.1 Å². The first-order chi connectivity index (χ1) is 6.97. The predicted molar refractivity (Wildman–Crippen MR) is 48.7 cm³/mol. The number of non-ortho nitro benzene ring substituents is 1. The summed E-state index contributed by atoms with van der Waals surface area (Å²) in [4.78, 5) is 19.1. The van der Waals surface area contributed by atoms with Gasteiger partial charge in [0.15, 0.2) is 0 Å². The van der Waals surface area contributed by atoms with Gasteiger partial charge in [0, 0.05) is 6.07 Å². The highest BCUT2D eigenvalue weighted by atomic mass is 35.5. The number of benzene rings is 1. The highest BCUT2D eigenvalue weighted by Crippen LogP contribution is 2.32. The summed E-state index contributed by atoms with van der Waals surface area (Å²) in [6, 6.07) is 1.59. The van der Waals surface area contributed by atoms with Gasteiger partial charge in [-0.3, -0.25) is 25.3 Å². The van der Waals surface area contributed by atoms with E-state index in [1.54, 1.807) is 0 Å². The molecular formula is C6H3ClN4O4. The van der Waals surface area contributed by atoms with Crippen molar-refractivity contribution in [2.45, 2.75) is 0 Å². The monoisotopic (exact) mass is 230 g/mol. The minimum Gasteiger partial charge on any atom is -0.502 e. The third-order valence-electron chi connectivity index (χ3n) is 1.57. The van der Waals surface area contributed by atoms with Crippen molar-refractivity contribution in [3.8, 4) is 0 Å². The number of hydrogen-bond donors (Lipinski definition) is 1. The van der Waals surface area contributed by atoms with E-state index in [1.165, 1.54) is 5.11 Å². The molecular weight excluding hydrogens is 228 g/mol. The van der Waals surface area contributed by atoms with Crippen molar-refractivity contribution in [1.29, 1.82) is 0 Å². The summed E-state index contributed by atoms with van der Waals surface area (Å²) < 4.78 is 0. The van der Waals surface area contributed by atoms with E-state index in [0.29, 0.717) is 6.07 Å². The number of hydrogen-bond acceptors (Lipinski definition) is 4. The minimum absolute atomic E-state index is 0.307. The van der Waals surface area contributed by atoms with Crippen molar-refractivity contribution in [2.24, 2.45) is 0 Å². The van der Waals surface area contributed by atoms with Crippen LogP contribution in [0.1, 0.15) is 0 Å². The molecule has 0 aliphatic carbocycles. The molecule has 15 heavy (non-hydrogen) atoms. The first-order valence-corrected chi connectivity index (χ1v) is 3.87. The lowest BCUT2D eigenvalue weighted by Gasteiger charge is -1.97. The Hall–Kier alpha value is -2.09. The lowest BCUT2D eigenvalue weighted by Crippen LogP contribution is -2.55. The summed E-state index contributed by atoms with van der Waals surface area (Å²) in [5, 5.41) is 22.1. The highest BCUT2D eigenvalue weighted by molar-refractivity contribution is 6.33. The largest absolute Gasteiger partial charge is 0.502 e. The minimum atomic E-state index is -0.891. The summed E-state index contributed by atoms with van der Waals surface area (Å²) in [5.41, 5.74) is 6.99. The van der Waals surface area contributed by atoms with Crippen molar-refractivity contribution in [3.63, 3.8) is 0 Å². The molecule has 1 N–H and O–H groups in total. The summed E-state index contributed by atoms with van der Waals surface area (Å²) in [6.45, 7) is 0. The molecule has 0 unspecified atom stereocenters. The zero-order valence-corrected chi connectivity index (χ0v) is 7.76. The second-order valence-corrected chi connectivity index (χ2v) is 2.85. The van der Waals surface area contributed by atoms with E-state index in [0.717, 1.165) is 6.07 Å². The fourth-order valence-electron chi connectivity index (χ4n) is 0.938. The average Bonchev–Trinajstić information content (AvgIpc) is 2.16. The van der Waals surface area contributed by atoms with E-state index in [1.807, 2.05) is 0 Å². The van der Waals surface area contributed by atoms with E-state index in [9.17, 15) is 20.2 Å².